The summed E-state index contributed by atoms with van der Waals surface area (Å²) in [6, 6.07) is 1.33. The summed E-state index contributed by atoms with van der Waals surface area (Å²) in [4.78, 5) is 11.1. The highest BCUT2D eigenvalue weighted by atomic mass is 79.9. The van der Waals surface area contributed by atoms with E-state index in [0.717, 1.165) is 22.4 Å². The Balaban J connectivity index is 3.10. The minimum atomic E-state index is -0.264. The molecule has 0 spiro atoms. The predicted octanol–water partition coefficient (Wildman–Crippen LogP) is 5.42. The summed E-state index contributed by atoms with van der Waals surface area (Å²) in [6.45, 7) is 5.77. The average Bonchev–Trinajstić information content (AvgIpc) is 2.39. The molecule has 0 N–H and O–H groups in total. The van der Waals surface area contributed by atoms with E-state index in [9.17, 15) is 4.79 Å². The number of hydrogen-bond donors (Lipinski definition) is 0. The van der Waals surface area contributed by atoms with E-state index >= 15 is 0 Å². The predicted molar refractivity (Wildman–Crippen MR) is 94.9 cm³/mol. The normalized spacial score (nSPS) is 10.8. The number of ether oxygens (including phenoxy) is 1. The molecule has 0 aliphatic carbocycles. The molecule has 116 valence electrons. The fraction of sp³-hybridized carbons (Fsp3) is 0.800. The zero-order valence-corrected chi connectivity index (χ0v) is 16.6. The minimum Gasteiger partial charge on any atom is -0.462 e. The van der Waals surface area contributed by atoms with Gasteiger partial charge in [0.15, 0.2) is 0 Å². The van der Waals surface area contributed by atoms with Gasteiger partial charge in [-0.3, -0.25) is 0 Å². The van der Waals surface area contributed by atoms with Gasteiger partial charge in [-0.1, -0.05) is 89.4 Å². The van der Waals surface area contributed by atoms with Crippen LogP contribution in [0.25, 0.3) is 0 Å². The van der Waals surface area contributed by atoms with Crippen LogP contribution in [-0.4, -0.2) is 25.5 Å². The molecule has 0 unspecified atom stereocenters. The molecule has 0 bridgehead atoms. The highest BCUT2D eigenvalue weighted by molar-refractivity contribution is 9.25. The third-order valence-electron chi connectivity index (χ3n) is 2.95. The molecule has 0 fully saturated rings. The van der Waals surface area contributed by atoms with Crippen LogP contribution in [0.3, 0.4) is 0 Å². The minimum absolute atomic E-state index is 0.264. The Kier molecular flexibility index (Phi) is 14.6. The second-order valence-corrected chi connectivity index (χ2v) is 11.2. The van der Waals surface area contributed by atoms with Gasteiger partial charge in [0.1, 0.15) is 0 Å². The van der Waals surface area contributed by atoms with Crippen molar-refractivity contribution < 1.29 is 9.53 Å². The molecular weight excluding hydrogens is 400 g/mol. The van der Waals surface area contributed by atoms with Crippen LogP contribution >= 0.6 is 31.9 Å². The molecule has 0 heterocycles. The van der Waals surface area contributed by atoms with Crippen LogP contribution in [-0.2, 0) is 9.53 Å². The van der Waals surface area contributed by atoms with Crippen molar-refractivity contribution in [2.45, 2.75) is 67.7 Å². The smallest absolute Gasteiger partial charge is 0.333 e. The fourth-order valence-electron chi connectivity index (χ4n) is 1.79. The Bertz CT molecular complexity index is 271. The van der Waals surface area contributed by atoms with Gasteiger partial charge >= 0.3 is 5.97 Å². The zero-order valence-electron chi connectivity index (χ0n) is 12.4. The number of carbonyl (C=O) groups is 1. The Morgan fingerprint density at radius 2 is 1.55 bits per heavy atom. The van der Waals surface area contributed by atoms with Gasteiger partial charge in [-0.15, -0.1) is 0 Å². The van der Waals surface area contributed by atoms with Gasteiger partial charge in [-0.05, 0) is 13.3 Å². The van der Waals surface area contributed by atoms with E-state index in [1.54, 1.807) is 6.92 Å². The topological polar surface area (TPSA) is 26.3 Å². The number of alkyl halides is 2. The lowest BCUT2D eigenvalue weighted by molar-refractivity contribution is -0.139. The molecule has 0 aromatic rings. The monoisotopic (exact) mass is 424 g/mol. The van der Waals surface area contributed by atoms with Crippen molar-refractivity contribution in [1.82, 2.24) is 0 Å². The van der Waals surface area contributed by atoms with Gasteiger partial charge < -0.3 is 4.74 Å². The maximum absolute atomic E-state index is 11.1. The second kappa shape index (κ2) is 14.3. The maximum Gasteiger partial charge on any atom is 0.333 e. The van der Waals surface area contributed by atoms with Gasteiger partial charge in [0, 0.05) is 5.57 Å². The molecule has 20 heavy (non-hydrogen) atoms. The molecule has 0 aromatic carbocycles. The van der Waals surface area contributed by atoms with E-state index in [2.05, 4.69) is 38.4 Å². The zero-order chi connectivity index (χ0) is 15.2. The third kappa shape index (κ3) is 14.8. The van der Waals surface area contributed by atoms with Crippen LogP contribution in [0.5, 0.6) is 0 Å². The maximum atomic E-state index is 11.1. The number of unbranched alkanes of at least 4 members (excludes halogenated alkanes) is 7. The summed E-state index contributed by atoms with van der Waals surface area (Å²) >= 11 is 7.02. The van der Waals surface area contributed by atoms with Crippen molar-refractivity contribution in [2.75, 3.05) is 6.61 Å². The Morgan fingerprint density at radius 3 is 2.05 bits per heavy atom. The summed E-state index contributed by atoms with van der Waals surface area (Å²) in [7, 11) is 0.982. The molecule has 0 aromatic heterocycles. The number of carbonyl (C=O) groups excluding carboxylic acids is 1. The summed E-state index contributed by atoms with van der Waals surface area (Å²) in [5.41, 5.74) is 0.483. The Hall–Kier alpha value is 0.387. The van der Waals surface area contributed by atoms with E-state index in [0.29, 0.717) is 15.5 Å². The van der Waals surface area contributed by atoms with E-state index in [4.69, 9.17) is 4.74 Å². The Morgan fingerprint density at radius 1 is 1.05 bits per heavy atom. The first kappa shape index (κ1) is 20.4. The highest BCUT2D eigenvalue weighted by Gasteiger charge is 2.02. The number of rotatable bonds is 13. The molecular formula is C15H26Br2O2Si. The lowest BCUT2D eigenvalue weighted by Gasteiger charge is -2.04. The van der Waals surface area contributed by atoms with Crippen molar-refractivity contribution in [3.8, 4) is 0 Å². The lowest BCUT2D eigenvalue weighted by atomic mass is 10.1. The molecule has 5 heteroatoms. The van der Waals surface area contributed by atoms with Crippen LogP contribution in [0.15, 0.2) is 12.2 Å². The van der Waals surface area contributed by atoms with E-state index in [-0.39, 0.29) is 5.97 Å². The number of hydrogen-bond acceptors (Lipinski definition) is 2. The van der Waals surface area contributed by atoms with Crippen molar-refractivity contribution in [3.05, 3.63) is 12.2 Å². The standard InChI is InChI=1S/C15H26Br2O2Si/c1-13(2)14(18)19-11-9-7-5-3-4-6-8-10-12-20-15(16)17/h15H,1,3-12H2,2H3. The quantitative estimate of drug-likeness (QED) is 0.129. The summed E-state index contributed by atoms with van der Waals surface area (Å²) in [6.07, 6.45) is 10.1. The lowest BCUT2D eigenvalue weighted by Crippen LogP contribution is -2.05. The van der Waals surface area contributed by atoms with Gasteiger partial charge in [-0.2, -0.15) is 0 Å². The van der Waals surface area contributed by atoms with Crippen LogP contribution in [0.1, 0.15) is 58.3 Å². The number of esters is 1. The molecule has 2 radical (unpaired) electrons. The molecule has 0 rings (SSSR count). The van der Waals surface area contributed by atoms with Gasteiger partial charge in [0.05, 0.1) is 19.5 Å². The van der Waals surface area contributed by atoms with Crippen LogP contribution in [0.2, 0.25) is 6.04 Å². The summed E-state index contributed by atoms with van der Waals surface area (Å²) in [5, 5.41) is 0. The summed E-state index contributed by atoms with van der Waals surface area (Å²) in [5.74, 6) is -0.264. The molecule has 0 amide bonds. The summed E-state index contributed by atoms with van der Waals surface area (Å²) < 4.78 is 5.56. The molecule has 0 saturated heterocycles. The molecule has 0 atom stereocenters. The molecule has 0 aliphatic heterocycles. The van der Waals surface area contributed by atoms with E-state index < -0.39 is 0 Å². The molecule has 2 nitrogen and oxygen atoms in total. The van der Waals surface area contributed by atoms with Crippen molar-refractivity contribution in [3.63, 3.8) is 0 Å². The molecule has 0 saturated carbocycles. The van der Waals surface area contributed by atoms with Gasteiger partial charge in [-0.25, -0.2) is 4.79 Å². The van der Waals surface area contributed by atoms with Crippen molar-refractivity contribution >= 4 is 47.3 Å². The first-order valence-electron chi connectivity index (χ1n) is 7.38. The average molecular weight is 426 g/mol. The van der Waals surface area contributed by atoms with Crippen LogP contribution in [0, 0.1) is 0 Å². The van der Waals surface area contributed by atoms with Crippen molar-refractivity contribution in [1.29, 1.82) is 0 Å². The first-order valence-corrected chi connectivity index (χ1v) is 10.5. The number of halogens is 2. The second-order valence-electron chi connectivity index (χ2n) is 5.00. The first-order chi connectivity index (χ1) is 9.54. The third-order valence-corrected chi connectivity index (χ3v) is 5.84. The largest absolute Gasteiger partial charge is 0.462 e. The van der Waals surface area contributed by atoms with E-state index in [1.165, 1.54) is 44.6 Å². The van der Waals surface area contributed by atoms with E-state index in [1.807, 2.05) is 0 Å². The Labute approximate surface area is 143 Å². The van der Waals surface area contributed by atoms with Gasteiger partial charge in [0.2, 0.25) is 0 Å². The molecule has 0 aliphatic rings. The highest BCUT2D eigenvalue weighted by Crippen LogP contribution is 2.13. The van der Waals surface area contributed by atoms with Gasteiger partial charge in [0.25, 0.3) is 0 Å². The van der Waals surface area contributed by atoms with Crippen LogP contribution < -0.4 is 0 Å². The SMILES string of the molecule is C=C(C)C(=O)OCCCCCCCCCC[Si]C(Br)Br. The van der Waals surface area contributed by atoms with Crippen molar-refractivity contribution in [2.24, 2.45) is 0 Å². The van der Waals surface area contributed by atoms with Crippen LogP contribution in [0.4, 0.5) is 0 Å². The fourth-order valence-corrected chi connectivity index (χ4v) is 3.83.